The molecule has 1 aromatic rings. The molecule has 1 aliphatic rings. The SMILES string of the molecule is COCCn1cc(NC2=NCC(CC(C)C)S2)cn1. The lowest BCUT2D eigenvalue weighted by Gasteiger charge is -2.10. The number of nitrogens with one attached hydrogen (secondary N) is 1. The van der Waals surface area contributed by atoms with Gasteiger partial charge in [-0.3, -0.25) is 9.67 Å². The van der Waals surface area contributed by atoms with Gasteiger partial charge in [-0.2, -0.15) is 5.10 Å². The van der Waals surface area contributed by atoms with Crippen molar-refractivity contribution in [2.75, 3.05) is 25.6 Å². The molecule has 0 bridgehead atoms. The lowest BCUT2D eigenvalue weighted by Crippen LogP contribution is -2.09. The van der Waals surface area contributed by atoms with Crippen LogP contribution in [0.15, 0.2) is 17.4 Å². The van der Waals surface area contributed by atoms with Crippen molar-refractivity contribution in [3.05, 3.63) is 12.4 Å². The Bertz CT molecular complexity index is 430. The highest BCUT2D eigenvalue weighted by Crippen LogP contribution is 2.27. The van der Waals surface area contributed by atoms with E-state index in [1.54, 1.807) is 7.11 Å². The maximum atomic E-state index is 5.03. The Morgan fingerprint density at radius 2 is 2.42 bits per heavy atom. The van der Waals surface area contributed by atoms with Crippen LogP contribution in [0.1, 0.15) is 20.3 Å². The zero-order valence-corrected chi connectivity index (χ0v) is 12.6. The smallest absolute Gasteiger partial charge is 0.161 e. The first kappa shape index (κ1) is 14.4. The second kappa shape index (κ2) is 6.96. The second-order valence-electron chi connectivity index (χ2n) is 5.13. The third-order valence-electron chi connectivity index (χ3n) is 2.86. The molecular formula is C13H22N4OS. The molecule has 5 nitrogen and oxygen atoms in total. The van der Waals surface area contributed by atoms with Gasteiger partial charge in [0.25, 0.3) is 0 Å². The Hall–Kier alpha value is -1.01. The van der Waals surface area contributed by atoms with Crippen LogP contribution in [0.3, 0.4) is 0 Å². The van der Waals surface area contributed by atoms with Gasteiger partial charge in [-0.25, -0.2) is 0 Å². The minimum atomic E-state index is 0.617. The fraction of sp³-hybridized carbons (Fsp3) is 0.692. The molecule has 0 aliphatic carbocycles. The van der Waals surface area contributed by atoms with Crippen LogP contribution >= 0.6 is 11.8 Å². The molecule has 2 rings (SSSR count). The maximum Gasteiger partial charge on any atom is 0.161 e. The summed E-state index contributed by atoms with van der Waals surface area (Å²) in [5.41, 5.74) is 0.993. The Kier molecular flexibility index (Phi) is 5.27. The minimum Gasteiger partial charge on any atom is -0.383 e. The van der Waals surface area contributed by atoms with Crippen molar-refractivity contribution in [3.8, 4) is 0 Å². The van der Waals surface area contributed by atoms with Crippen molar-refractivity contribution in [2.45, 2.75) is 32.1 Å². The molecule has 1 atom stereocenters. The third kappa shape index (κ3) is 4.54. The number of anilines is 1. The molecule has 19 heavy (non-hydrogen) atoms. The van der Waals surface area contributed by atoms with Crippen LogP contribution in [0, 0.1) is 5.92 Å². The summed E-state index contributed by atoms with van der Waals surface area (Å²) in [7, 11) is 1.70. The van der Waals surface area contributed by atoms with Crippen LogP contribution in [0.2, 0.25) is 0 Å². The number of rotatable bonds is 6. The summed E-state index contributed by atoms with van der Waals surface area (Å²) in [5, 5.41) is 9.23. The van der Waals surface area contributed by atoms with Gasteiger partial charge in [-0.05, 0) is 12.3 Å². The van der Waals surface area contributed by atoms with Gasteiger partial charge in [-0.1, -0.05) is 25.6 Å². The largest absolute Gasteiger partial charge is 0.383 e. The molecule has 1 unspecified atom stereocenters. The van der Waals surface area contributed by atoms with Gasteiger partial charge in [0.05, 0.1) is 31.6 Å². The van der Waals surface area contributed by atoms with Crippen LogP contribution in [0.4, 0.5) is 5.69 Å². The van der Waals surface area contributed by atoms with Crippen LogP contribution in [0.5, 0.6) is 0 Å². The van der Waals surface area contributed by atoms with E-state index in [2.05, 4.69) is 29.3 Å². The predicted octanol–water partition coefficient (Wildman–Crippen LogP) is 2.46. The van der Waals surface area contributed by atoms with Crippen molar-refractivity contribution in [1.82, 2.24) is 9.78 Å². The molecule has 2 heterocycles. The van der Waals surface area contributed by atoms with Gasteiger partial charge in [0.1, 0.15) is 0 Å². The normalized spacial score (nSPS) is 18.9. The molecular weight excluding hydrogens is 260 g/mol. The Morgan fingerprint density at radius 3 is 3.16 bits per heavy atom. The number of hydrogen-bond acceptors (Lipinski definition) is 5. The zero-order valence-electron chi connectivity index (χ0n) is 11.8. The van der Waals surface area contributed by atoms with E-state index in [1.807, 2.05) is 28.8 Å². The van der Waals surface area contributed by atoms with Crippen LogP contribution in [-0.2, 0) is 11.3 Å². The summed E-state index contributed by atoms with van der Waals surface area (Å²) in [6, 6.07) is 0. The second-order valence-corrected chi connectivity index (χ2v) is 6.41. The summed E-state index contributed by atoms with van der Waals surface area (Å²) >= 11 is 1.84. The Balaban J connectivity index is 1.80. The standard InChI is InChI=1S/C13H22N4OS/c1-10(2)6-12-8-14-13(19-12)16-11-7-15-17(9-11)4-5-18-3/h7,9-10,12H,4-6,8H2,1-3H3,(H,14,16). The van der Waals surface area contributed by atoms with Gasteiger partial charge in [0.15, 0.2) is 5.17 Å². The first-order chi connectivity index (χ1) is 9.17. The number of amidine groups is 1. The van der Waals surface area contributed by atoms with Gasteiger partial charge >= 0.3 is 0 Å². The van der Waals surface area contributed by atoms with E-state index >= 15 is 0 Å². The van der Waals surface area contributed by atoms with E-state index in [1.165, 1.54) is 6.42 Å². The summed E-state index contributed by atoms with van der Waals surface area (Å²) in [4.78, 5) is 4.54. The number of aromatic nitrogens is 2. The van der Waals surface area contributed by atoms with Crippen molar-refractivity contribution in [3.63, 3.8) is 0 Å². The number of thioether (sulfide) groups is 1. The predicted molar refractivity (Wildman–Crippen MR) is 80.9 cm³/mol. The molecule has 0 amide bonds. The van der Waals surface area contributed by atoms with E-state index in [-0.39, 0.29) is 0 Å². The minimum absolute atomic E-state index is 0.617. The third-order valence-corrected chi connectivity index (χ3v) is 3.99. The average molecular weight is 282 g/mol. The monoisotopic (exact) mass is 282 g/mol. The Labute approximate surface area is 118 Å². The maximum absolute atomic E-state index is 5.03. The lowest BCUT2D eigenvalue weighted by atomic mass is 10.1. The van der Waals surface area contributed by atoms with Crippen LogP contribution in [0.25, 0.3) is 0 Å². The Morgan fingerprint density at radius 1 is 1.58 bits per heavy atom. The molecule has 1 N–H and O–H groups in total. The van der Waals surface area contributed by atoms with E-state index in [0.29, 0.717) is 11.9 Å². The molecule has 0 saturated carbocycles. The van der Waals surface area contributed by atoms with E-state index in [9.17, 15) is 0 Å². The highest BCUT2D eigenvalue weighted by Gasteiger charge is 2.20. The number of nitrogens with zero attached hydrogens (tertiary/aromatic N) is 3. The number of aliphatic imine (C=N–C) groups is 1. The molecule has 0 radical (unpaired) electrons. The summed E-state index contributed by atoms with van der Waals surface area (Å²) < 4.78 is 6.90. The fourth-order valence-electron chi connectivity index (χ4n) is 1.99. The van der Waals surface area contributed by atoms with Crippen molar-refractivity contribution >= 4 is 22.6 Å². The van der Waals surface area contributed by atoms with Crippen LogP contribution < -0.4 is 5.32 Å². The summed E-state index contributed by atoms with van der Waals surface area (Å²) in [6.45, 7) is 6.88. The molecule has 0 aromatic carbocycles. The highest BCUT2D eigenvalue weighted by atomic mass is 32.2. The van der Waals surface area contributed by atoms with Gasteiger partial charge in [0.2, 0.25) is 0 Å². The zero-order chi connectivity index (χ0) is 13.7. The summed E-state index contributed by atoms with van der Waals surface area (Å²) in [6.07, 6.45) is 5.03. The van der Waals surface area contributed by atoms with Gasteiger partial charge in [-0.15, -0.1) is 0 Å². The van der Waals surface area contributed by atoms with E-state index in [0.717, 1.165) is 29.9 Å². The molecule has 106 valence electrons. The number of methoxy groups -OCH3 is 1. The highest BCUT2D eigenvalue weighted by molar-refractivity contribution is 8.15. The summed E-state index contributed by atoms with van der Waals surface area (Å²) in [5.74, 6) is 0.726. The fourth-order valence-corrected chi connectivity index (χ4v) is 3.27. The number of hydrogen-bond donors (Lipinski definition) is 1. The van der Waals surface area contributed by atoms with Crippen molar-refractivity contribution < 1.29 is 4.74 Å². The van der Waals surface area contributed by atoms with Crippen molar-refractivity contribution in [2.24, 2.45) is 10.9 Å². The molecule has 1 aromatic heterocycles. The van der Waals surface area contributed by atoms with Crippen LogP contribution in [-0.4, -0.2) is 40.5 Å². The first-order valence-corrected chi connectivity index (χ1v) is 7.55. The van der Waals surface area contributed by atoms with Crippen molar-refractivity contribution in [1.29, 1.82) is 0 Å². The first-order valence-electron chi connectivity index (χ1n) is 6.67. The molecule has 1 aliphatic heterocycles. The van der Waals surface area contributed by atoms with Gasteiger partial charge < -0.3 is 10.1 Å². The number of ether oxygens (including phenoxy) is 1. The average Bonchev–Trinajstić information content (AvgIpc) is 2.96. The molecule has 0 saturated heterocycles. The van der Waals surface area contributed by atoms with Gasteiger partial charge in [0, 0.05) is 18.6 Å². The molecule has 0 spiro atoms. The van der Waals surface area contributed by atoms with E-state index < -0.39 is 0 Å². The lowest BCUT2D eigenvalue weighted by molar-refractivity contribution is 0.183. The van der Waals surface area contributed by atoms with E-state index in [4.69, 9.17) is 4.74 Å². The molecule has 0 fully saturated rings. The quantitative estimate of drug-likeness (QED) is 0.871. The molecule has 6 heteroatoms. The topological polar surface area (TPSA) is 51.4 Å².